The number of aromatic nitrogens is 1. The number of likely N-dealkylation sites (N-methyl/N-ethyl adjacent to an activating group) is 1. The third-order valence-electron chi connectivity index (χ3n) is 7.09. The molecule has 0 radical (unpaired) electrons. The Balaban J connectivity index is 0.00000342. The number of hydrogen-bond donors (Lipinski definition) is 1. The van der Waals surface area contributed by atoms with Crippen molar-refractivity contribution < 1.29 is 35.7 Å². The van der Waals surface area contributed by atoms with Gasteiger partial charge in [-0.25, -0.2) is 4.98 Å². The zero-order valence-electron chi connectivity index (χ0n) is 21.0. The molecule has 3 aromatic rings. The molecule has 0 spiro atoms. The molecule has 35 heavy (non-hydrogen) atoms. The van der Waals surface area contributed by atoms with Gasteiger partial charge in [-0.3, -0.25) is 0 Å². The van der Waals surface area contributed by atoms with Gasteiger partial charge in [-0.2, -0.15) is 0 Å². The molecule has 1 atom stereocenters. The molecule has 0 bridgehead atoms. The fraction of sp³-hybridized carbons (Fsp3) is 0.483. The minimum absolute atomic E-state index is 0. The summed E-state index contributed by atoms with van der Waals surface area (Å²) in [5.74, 6) is 1.35. The van der Waals surface area contributed by atoms with Crippen molar-refractivity contribution in [2.24, 2.45) is 5.92 Å². The molecule has 1 aliphatic carbocycles. The van der Waals surface area contributed by atoms with E-state index >= 15 is 0 Å². The summed E-state index contributed by atoms with van der Waals surface area (Å²) in [5, 5.41) is 12.0. The number of hydrogen-bond acceptors (Lipinski definition) is 4. The number of benzene rings is 2. The highest BCUT2D eigenvalue weighted by Gasteiger charge is 2.44. The lowest BCUT2D eigenvalue weighted by Gasteiger charge is -2.36. The summed E-state index contributed by atoms with van der Waals surface area (Å²) in [6.07, 6.45) is 8.22. The molecule has 0 unspecified atom stereocenters. The summed E-state index contributed by atoms with van der Waals surface area (Å²) in [6, 6.07) is 20.3. The van der Waals surface area contributed by atoms with Crippen molar-refractivity contribution in [3.63, 3.8) is 0 Å². The SMILES string of the molecule is C[N+](C)(CCOCCc1ccccc1)Cc1cnc([C@](O)(c2ccccc2)C2CCCCC2)o1.[Br-]. The Labute approximate surface area is 220 Å². The van der Waals surface area contributed by atoms with Crippen LogP contribution in [-0.2, 0) is 23.3 Å². The van der Waals surface area contributed by atoms with Crippen LogP contribution in [0.5, 0.6) is 0 Å². The number of ether oxygens (including phenoxy) is 1. The molecule has 5 nitrogen and oxygen atoms in total. The molecule has 1 saturated carbocycles. The first kappa shape index (κ1) is 27.6. The number of quaternary nitrogens is 1. The van der Waals surface area contributed by atoms with Crippen LogP contribution in [0.4, 0.5) is 0 Å². The third kappa shape index (κ3) is 7.26. The lowest BCUT2D eigenvalue weighted by molar-refractivity contribution is -0.904. The van der Waals surface area contributed by atoms with E-state index in [-0.39, 0.29) is 22.9 Å². The van der Waals surface area contributed by atoms with Crippen LogP contribution in [0.15, 0.2) is 71.3 Å². The Hall–Kier alpha value is -1.99. The van der Waals surface area contributed by atoms with E-state index in [1.54, 1.807) is 6.20 Å². The molecule has 1 heterocycles. The highest BCUT2D eigenvalue weighted by molar-refractivity contribution is 5.30. The molecule has 1 aromatic heterocycles. The van der Waals surface area contributed by atoms with Crippen LogP contribution >= 0.6 is 0 Å². The Kier molecular flexibility index (Phi) is 10.1. The van der Waals surface area contributed by atoms with E-state index in [4.69, 9.17) is 9.15 Å². The smallest absolute Gasteiger partial charge is 0.231 e. The quantitative estimate of drug-likeness (QED) is 0.298. The van der Waals surface area contributed by atoms with Crippen LogP contribution in [0, 0.1) is 5.92 Å². The Morgan fingerprint density at radius 2 is 1.63 bits per heavy atom. The van der Waals surface area contributed by atoms with E-state index in [2.05, 4.69) is 43.3 Å². The van der Waals surface area contributed by atoms with Crippen LogP contribution < -0.4 is 17.0 Å². The van der Waals surface area contributed by atoms with Crippen LogP contribution in [0.25, 0.3) is 0 Å². The Bertz CT molecular complexity index is 1000. The van der Waals surface area contributed by atoms with Gasteiger partial charge < -0.3 is 35.7 Å². The van der Waals surface area contributed by atoms with Gasteiger partial charge in [0.15, 0.2) is 11.4 Å². The second-order valence-corrected chi connectivity index (χ2v) is 10.3. The zero-order chi connectivity index (χ0) is 23.9. The first-order valence-electron chi connectivity index (χ1n) is 12.6. The highest BCUT2D eigenvalue weighted by Crippen LogP contribution is 2.43. The molecule has 4 rings (SSSR count). The fourth-order valence-corrected chi connectivity index (χ4v) is 5.05. The van der Waals surface area contributed by atoms with Crippen molar-refractivity contribution in [1.82, 2.24) is 4.98 Å². The molecule has 1 fully saturated rings. The third-order valence-corrected chi connectivity index (χ3v) is 7.09. The molecule has 190 valence electrons. The van der Waals surface area contributed by atoms with Crippen LogP contribution in [0.1, 0.15) is 54.9 Å². The second kappa shape index (κ2) is 12.8. The molecular formula is C29H39BrN2O3. The lowest BCUT2D eigenvalue weighted by Crippen LogP contribution is -3.00. The predicted molar refractivity (Wildman–Crippen MR) is 134 cm³/mol. The van der Waals surface area contributed by atoms with Crippen molar-refractivity contribution in [2.45, 2.75) is 50.7 Å². The average molecular weight is 544 g/mol. The van der Waals surface area contributed by atoms with Crippen molar-refractivity contribution in [3.8, 4) is 0 Å². The summed E-state index contributed by atoms with van der Waals surface area (Å²) < 4.78 is 12.9. The van der Waals surface area contributed by atoms with Gasteiger partial charge in [0.1, 0.15) is 13.1 Å². The minimum Gasteiger partial charge on any atom is -1.00 e. The summed E-state index contributed by atoms with van der Waals surface area (Å²) in [6.45, 7) is 2.99. The predicted octanol–water partition coefficient (Wildman–Crippen LogP) is 2.33. The minimum atomic E-state index is -1.18. The number of aliphatic hydroxyl groups is 1. The van der Waals surface area contributed by atoms with Crippen molar-refractivity contribution >= 4 is 0 Å². The summed E-state index contributed by atoms with van der Waals surface area (Å²) in [4.78, 5) is 4.61. The number of nitrogens with zero attached hydrogens (tertiary/aromatic N) is 2. The van der Waals surface area contributed by atoms with Crippen LogP contribution in [0.3, 0.4) is 0 Å². The van der Waals surface area contributed by atoms with Gasteiger partial charge in [0.05, 0.1) is 33.5 Å². The molecule has 2 aromatic carbocycles. The molecule has 0 saturated heterocycles. The van der Waals surface area contributed by atoms with E-state index in [9.17, 15) is 5.11 Å². The second-order valence-electron chi connectivity index (χ2n) is 10.3. The number of oxazole rings is 1. The van der Waals surface area contributed by atoms with Crippen molar-refractivity contribution in [1.29, 1.82) is 0 Å². The van der Waals surface area contributed by atoms with Gasteiger partial charge in [0.25, 0.3) is 0 Å². The standard InChI is InChI=1S/C29H39N2O3.BrH/c1-31(2,19-21-33-20-18-24-12-6-3-7-13-24)23-27-22-30-28(34-27)29(32,25-14-8-4-9-15-25)26-16-10-5-11-17-26;/h3-4,6-9,12-15,22,26,32H,5,10-11,16-21,23H2,1-2H3;1H/q+1;/p-1/t29-;/m0./s1. The topological polar surface area (TPSA) is 55.5 Å². The largest absolute Gasteiger partial charge is 1.00 e. The van der Waals surface area contributed by atoms with Gasteiger partial charge in [-0.15, -0.1) is 0 Å². The maximum atomic E-state index is 12.0. The van der Waals surface area contributed by atoms with Gasteiger partial charge in [0, 0.05) is 5.92 Å². The molecule has 0 amide bonds. The monoisotopic (exact) mass is 542 g/mol. The van der Waals surface area contributed by atoms with Crippen LogP contribution in [0.2, 0.25) is 0 Å². The summed E-state index contributed by atoms with van der Waals surface area (Å²) >= 11 is 0. The molecule has 0 aliphatic heterocycles. The van der Waals surface area contributed by atoms with Gasteiger partial charge in [0.2, 0.25) is 5.89 Å². The van der Waals surface area contributed by atoms with Crippen molar-refractivity contribution in [2.75, 3.05) is 33.9 Å². The molecule has 6 heteroatoms. The summed E-state index contributed by atoms with van der Waals surface area (Å²) in [5.41, 5.74) is 0.989. The van der Waals surface area contributed by atoms with E-state index in [1.807, 2.05) is 36.4 Å². The van der Waals surface area contributed by atoms with Crippen molar-refractivity contribution in [3.05, 3.63) is 89.6 Å². The Morgan fingerprint density at radius 1 is 0.971 bits per heavy atom. The number of halogens is 1. The fourth-order valence-electron chi connectivity index (χ4n) is 5.05. The van der Waals surface area contributed by atoms with Gasteiger partial charge in [-0.1, -0.05) is 79.9 Å². The summed E-state index contributed by atoms with van der Waals surface area (Å²) in [7, 11) is 4.35. The van der Waals surface area contributed by atoms with E-state index in [0.717, 1.165) is 61.1 Å². The average Bonchev–Trinajstić information content (AvgIpc) is 3.33. The van der Waals surface area contributed by atoms with E-state index < -0.39 is 5.60 Å². The Morgan fingerprint density at radius 3 is 2.31 bits per heavy atom. The normalized spacial score (nSPS) is 16.4. The van der Waals surface area contributed by atoms with Gasteiger partial charge in [-0.05, 0) is 30.4 Å². The maximum absolute atomic E-state index is 12.0. The lowest BCUT2D eigenvalue weighted by atomic mass is 9.73. The molecule has 1 N–H and O–H groups in total. The number of rotatable bonds is 11. The molecular weight excluding hydrogens is 504 g/mol. The van der Waals surface area contributed by atoms with Crippen LogP contribution in [-0.4, -0.2) is 48.4 Å². The van der Waals surface area contributed by atoms with E-state index in [0.29, 0.717) is 19.0 Å². The first-order chi connectivity index (χ1) is 16.5. The molecule has 1 aliphatic rings. The van der Waals surface area contributed by atoms with Gasteiger partial charge >= 0.3 is 0 Å². The maximum Gasteiger partial charge on any atom is 0.231 e. The highest BCUT2D eigenvalue weighted by atomic mass is 79.9. The zero-order valence-corrected chi connectivity index (χ0v) is 22.6. The van der Waals surface area contributed by atoms with E-state index in [1.165, 1.54) is 12.0 Å². The first-order valence-corrected chi connectivity index (χ1v) is 12.6.